The Balaban J connectivity index is 2.40. The third kappa shape index (κ3) is 1.50. The number of hydrogen-bond acceptors (Lipinski definition) is 2. The monoisotopic (exact) mass is 255 g/mol. The molecule has 2 rings (SSSR count). The van der Waals surface area contributed by atoms with E-state index in [9.17, 15) is 4.79 Å². The highest BCUT2D eigenvalue weighted by Crippen LogP contribution is 2.36. The normalized spacial score (nSPS) is 19.6. The number of para-hydroxylation sites is 1. The number of rotatable bonds is 1. The van der Waals surface area contributed by atoms with Crippen LogP contribution in [0.4, 0.5) is 5.69 Å². The second-order valence-corrected chi connectivity index (χ2v) is 3.97. The summed E-state index contributed by atoms with van der Waals surface area (Å²) in [7, 11) is 0. The van der Waals surface area contributed by atoms with Gasteiger partial charge in [-0.3, -0.25) is 4.79 Å². The van der Waals surface area contributed by atoms with Crippen LogP contribution in [0.3, 0.4) is 0 Å². The lowest BCUT2D eigenvalue weighted by Crippen LogP contribution is -2.36. The summed E-state index contributed by atoms with van der Waals surface area (Å²) >= 11 is 3.38. The van der Waals surface area contributed by atoms with Crippen molar-refractivity contribution >= 4 is 27.5 Å². The van der Waals surface area contributed by atoms with Crippen LogP contribution in [-0.4, -0.2) is 12.0 Å². The third-order valence-electron chi connectivity index (χ3n) is 2.15. The van der Waals surface area contributed by atoms with Gasteiger partial charge in [0.25, 0.3) is 5.91 Å². The van der Waals surface area contributed by atoms with Crippen molar-refractivity contribution in [3.8, 4) is 5.75 Å². The standard InChI is InChI=1S/C10H10BrNO2/c1-2-8-10(13)12-7-5-3-4-6(11)9(7)14-8/h3-5,8H,2H2,1H3,(H,12,13)/t8-/m1/s1. The van der Waals surface area contributed by atoms with Crippen LogP contribution in [0.5, 0.6) is 5.75 Å². The van der Waals surface area contributed by atoms with Gasteiger partial charge in [-0.05, 0) is 34.5 Å². The first kappa shape index (κ1) is 9.52. The molecule has 0 saturated carbocycles. The third-order valence-corrected chi connectivity index (χ3v) is 2.77. The van der Waals surface area contributed by atoms with Gasteiger partial charge in [0.2, 0.25) is 0 Å². The average molecular weight is 256 g/mol. The van der Waals surface area contributed by atoms with Crippen LogP contribution in [0.15, 0.2) is 22.7 Å². The molecular formula is C10H10BrNO2. The molecule has 1 aromatic carbocycles. The first-order valence-corrected chi connectivity index (χ1v) is 5.27. The molecule has 0 unspecified atom stereocenters. The Morgan fingerprint density at radius 2 is 2.36 bits per heavy atom. The molecule has 4 heteroatoms. The van der Waals surface area contributed by atoms with E-state index in [1.54, 1.807) is 0 Å². The largest absolute Gasteiger partial charge is 0.477 e. The molecule has 0 aliphatic carbocycles. The second kappa shape index (κ2) is 3.61. The molecule has 1 heterocycles. The van der Waals surface area contributed by atoms with E-state index in [4.69, 9.17) is 4.74 Å². The van der Waals surface area contributed by atoms with Gasteiger partial charge in [0, 0.05) is 0 Å². The molecule has 1 atom stereocenters. The molecule has 1 aromatic rings. The predicted molar refractivity (Wildman–Crippen MR) is 57.5 cm³/mol. The number of benzene rings is 1. The van der Waals surface area contributed by atoms with Gasteiger partial charge in [-0.2, -0.15) is 0 Å². The van der Waals surface area contributed by atoms with Crippen LogP contribution in [0.25, 0.3) is 0 Å². The number of carbonyl (C=O) groups excluding carboxylic acids is 1. The fourth-order valence-corrected chi connectivity index (χ4v) is 1.86. The van der Waals surface area contributed by atoms with Crippen LogP contribution in [0.1, 0.15) is 13.3 Å². The molecular weight excluding hydrogens is 246 g/mol. The minimum absolute atomic E-state index is 0.0712. The highest BCUT2D eigenvalue weighted by atomic mass is 79.9. The predicted octanol–water partition coefficient (Wildman–Crippen LogP) is 2.56. The van der Waals surface area contributed by atoms with E-state index in [0.29, 0.717) is 6.42 Å². The Hall–Kier alpha value is -1.03. The van der Waals surface area contributed by atoms with Gasteiger partial charge in [-0.1, -0.05) is 13.0 Å². The Kier molecular flexibility index (Phi) is 2.46. The zero-order valence-corrected chi connectivity index (χ0v) is 9.30. The number of anilines is 1. The van der Waals surface area contributed by atoms with Gasteiger partial charge in [-0.25, -0.2) is 0 Å². The highest BCUT2D eigenvalue weighted by Gasteiger charge is 2.26. The lowest BCUT2D eigenvalue weighted by atomic mass is 10.2. The van der Waals surface area contributed by atoms with Crippen molar-refractivity contribution in [2.24, 2.45) is 0 Å². The van der Waals surface area contributed by atoms with Gasteiger partial charge < -0.3 is 10.1 Å². The maximum absolute atomic E-state index is 11.4. The van der Waals surface area contributed by atoms with Crippen LogP contribution >= 0.6 is 15.9 Å². The van der Waals surface area contributed by atoms with E-state index in [1.807, 2.05) is 25.1 Å². The number of hydrogen-bond donors (Lipinski definition) is 1. The van der Waals surface area contributed by atoms with Crippen molar-refractivity contribution in [2.75, 3.05) is 5.32 Å². The first-order valence-electron chi connectivity index (χ1n) is 4.48. The average Bonchev–Trinajstić information content (AvgIpc) is 2.17. The Bertz CT molecular complexity index is 378. The van der Waals surface area contributed by atoms with Crippen LogP contribution in [0.2, 0.25) is 0 Å². The molecule has 1 aliphatic rings. The second-order valence-electron chi connectivity index (χ2n) is 3.12. The van der Waals surface area contributed by atoms with Crippen molar-refractivity contribution in [1.82, 2.24) is 0 Å². The minimum atomic E-state index is -0.374. The zero-order valence-electron chi connectivity index (χ0n) is 7.71. The van der Waals surface area contributed by atoms with Crippen molar-refractivity contribution in [3.63, 3.8) is 0 Å². The molecule has 0 bridgehead atoms. The summed E-state index contributed by atoms with van der Waals surface area (Å²) in [5, 5.41) is 2.81. The summed E-state index contributed by atoms with van der Waals surface area (Å²) in [5.41, 5.74) is 0.731. The van der Waals surface area contributed by atoms with Gasteiger partial charge in [0.1, 0.15) is 0 Å². The minimum Gasteiger partial charge on any atom is -0.477 e. The molecule has 1 aliphatic heterocycles. The SMILES string of the molecule is CC[C@H]1Oc2c(Br)cccc2NC1=O. The smallest absolute Gasteiger partial charge is 0.265 e. The molecule has 1 N–H and O–H groups in total. The molecule has 0 aromatic heterocycles. The Morgan fingerprint density at radius 1 is 1.57 bits per heavy atom. The van der Waals surface area contributed by atoms with Crippen molar-refractivity contribution in [1.29, 1.82) is 0 Å². The first-order chi connectivity index (χ1) is 6.72. The Morgan fingerprint density at radius 3 is 3.07 bits per heavy atom. The fourth-order valence-electron chi connectivity index (χ4n) is 1.40. The molecule has 1 amide bonds. The zero-order chi connectivity index (χ0) is 10.1. The van der Waals surface area contributed by atoms with E-state index in [2.05, 4.69) is 21.2 Å². The van der Waals surface area contributed by atoms with E-state index >= 15 is 0 Å². The van der Waals surface area contributed by atoms with Crippen LogP contribution < -0.4 is 10.1 Å². The molecule has 3 nitrogen and oxygen atoms in total. The van der Waals surface area contributed by atoms with E-state index < -0.39 is 0 Å². The Labute approximate surface area is 90.6 Å². The number of ether oxygens (including phenoxy) is 1. The number of carbonyl (C=O) groups is 1. The highest BCUT2D eigenvalue weighted by molar-refractivity contribution is 9.10. The molecule has 0 saturated heterocycles. The van der Waals surface area contributed by atoms with Crippen molar-refractivity contribution in [2.45, 2.75) is 19.4 Å². The lowest BCUT2D eigenvalue weighted by molar-refractivity contribution is -0.123. The summed E-state index contributed by atoms with van der Waals surface area (Å²) in [6.45, 7) is 1.92. The van der Waals surface area contributed by atoms with Gasteiger partial charge in [-0.15, -0.1) is 0 Å². The topological polar surface area (TPSA) is 38.3 Å². The number of halogens is 1. The molecule has 14 heavy (non-hydrogen) atoms. The number of fused-ring (bicyclic) bond motifs is 1. The molecule has 74 valence electrons. The summed E-state index contributed by atoms with van der Waals surface area (Å²) in [6.07, 6.45) is 0.299. The van der Waals surface area contributed by atoms with Gasteiger partial charge in [0.15, 0.2) is 11.9 Å². The van der Waals surface area contributed by atoms with E-state index in [-0.39, 0.29) is 12.0 Å². The van der Waals surface area contributed by atoms with Gasteiger partial charge >= 0.3 is 0 Å². The fraction of sp³-hybridized carbons (Fsp3) is 0.300. The molecule has 0 spiro atoms. The number of amides is 1. The summed E-state index contributed by atoms with van der Waals surface area (Å²) in [5.74, 6) is 0.650. The van der Waals surface area contributed by atoms with Gasteiger partial charge in [0.05, 0.1) is 10.2 Å². The van der Waals surface area contributed by atoms with E-state index in [0.717, 1.165) is 15.9 Å². The molecule has 0 radical (unpaired) electrons. The maximum atomic E-state index is 11.4. The van der Waals surface area contributed by atoms with E-state index in [1.165, 1.54) is 0 Å². The summed E-state index contributed by atoms with van der Waals surface area (Å²) < 4.78 is 6.43. The van der Waals surface area contributed by atoms with Crippen LogP contribution in [-0.2, 0) is 4.79 Å². The van der Waals surface area contributed by atoms with Crippen molar-refractivity contribution in [3.05, 3.63) is 22.7 Å². The van der Waals surface area contributed by atoms with Crippen molar-refractivity contribution < 1.29 is 9.53 Å². The number of nitrogens with one attached hydrogen (secondary N) is 1. The lowest BCUT2D eigenvalue weighted by Gasteiger charge is -2.25. The maximum Gasteiger partial charge on any atom is 0.265 e. The molecule has 0 fully saturated rings. The van der Waals surface area contributed by atoms with Crippen LogP contribution in [0, 0.1) is 0 Å². The summed E-state index contributed by atoms with van der Waals surface area (Å²) in [4.78, 5) is 11.4. The summed E-state index contributed by atoms with van der Waals surface area (Å²) in [6, 6.07) is 5.58. The quantitative estimate of drug-likeness (QED) is 0.838.